The van der Waals surface area contributed by atoms with Gasteiger partial charge in [0.25, 0.3) is 0 Å². The van der Waals surface area contributed by atoms with Crippen LogP contribution in [0.25, 0.3) is 0 Å². The van der Waals surface area contributed by atoms with Crippen LogP contribution in [0, 0.1) is 5.41 Å². The summed E-state index contributed by atoms with van der Waals surface area (Å²) in [6.07, 6.45) is 4.90. The molecule has 1 amide bonds. The number of amides is 1. The molecule has 0 saturated heterocycles. The predicted octanol–water partition coefficient (Wildman–Crippen LogP) is 1.02. The van der Waals surface area contributed by atoms with E-state index in [-0.39, 0.29) is 25.0 Å². The molecular weight excluding hydrogens is 292 g/mol. The van der Waals surface area contributed by atoms with Crippen LogP contribution in [0.4, 0.5) is 4.79 Å². The molecule has 1 aliphatic carbocycles. The van der Waals surface area contributed by atoms with Crippen LogP contribution in [0.3, 0.4) is 0 Å². The van der Waals surface area contributed by atoms with Gasteiger partial charge in [-0.2, -0.15) is 0 Å². The molecule has 0 heterocycles. The zero-order valence-corrected chi connectivity index (χ0v) is 13.0. The van der Waals surface area contributed by atoms with Crippen molar-refractivity contribution in [3.05, 3.63) is 0 Å². The van der Waals surface area contributed by atoms with Crippen molar-refractivity contribution in [2.75, 3.05) is 19.8 Å². The van der Waals surface area contributed by atoms with Crippen molar-refractivity contribution < 1.29 is 29.0 Å². The van der Waals surface area contributed by atoms with Gasteiger partial charge in [-0.1, -0.05) is 19.3 Å². The number of nitrogens with two attached hydrogens (primary N) is 2. The zero-order valence-electron chi connectivity index (χ0n) is 13.0. The maximum absolute atomic E-state index is 10.6. The summed E-state index contributed by atoms with van der Waals surface area (Å²) in [5.74, 6) is -1.12. The summed E-state index contributed by atoms with van der Waals surface area (Å²) < 4.78 is 8.67. The fourth-order valence-electron chi connectivity index (χ4n) is 2.40. The minimum Gasteiger partial charge on any atom is -0.481 e. The molecule has 1 saturated carbocycles. The maximum Gasteiger partial charge on any atom is 0.404 e. The molecule has 0 aromatic carbocycles. The number of aliphatic carboxylic acids is 1. The van der Waals surface area contributed by atoms with E-state index in [0.717, 1.165) is 25.7 Å². The van der Waals surface area contributed by atoms with Gasteiger partial charge in [0.2, 0.25) is 0 Å². The normalized spacial score (nSPS) is 15.9. The summed E-state index contributed by atoms with van der Waals surface area (Å²) in [4.78, 5) is 30.6. The van der Waals surface area contributed by atoms with E-state index in [1.807, 2.05) is 0 Å². The second-order valence-corrected chi connectivity index (χ2v) is 5.34. The van der Waals surface area contributed by atoms with Gasteiger partial charge in [0, 0.05) is 6.92 Å². The molecule has 1 rings (SSSR count). The standard InChI is InChI=1S/C9H17NO2.C5H9NO4/c10-7-9(6-8(11)12)4-2-1-3-5-9;1-4(7)9-2-3-10-5(6)8/h1-7,10H2,(H,11,12);2-3H2,1H3,(H2,6,8). The van der Waals surface area contributed by atoms with Crippen LogP contribution >= 0.6 is 0 Å². The van der Waals surface area contributed by atoms with Crippen molar-refractivity contribution in [1.82, 2.24) is 0 Å². The molecule has 0 aromatic rings. The van der Waals surface area contributed by atoms with Crippen LogP contribution in [0.5, 0.6) is 0 Å². The third kappa shape index (κ3) is 9.98. The van der Waals surface area contributed by atoms with Crippen molar-refractivity contribution in [3.8, 4) is 0 Å². The summed E-state index contributed by atoms with van der Waals surface area (Å²) in [6.45, 7) is 1.86. The number of primary amides is 1. The van der Waals surface area contributed by atoms with E-state index in [0.29, 0.717) is 6.54 Å². The van der Waals surface area contributed by atoms with Gasteiger partial charge in [0.15, 0.2) is 0 Å². The molecule has 8 nitrogen and oxygen atoms in total. The number of carbonyl (C=O) groups is 3. The van der Waals surface area contributed by atoms with Gasteiger partial charge in [-0.25, -0.2) is 4.79 Å². The van der Waals surface area contributed by atoms with Crippen LogP contribution in [-0.4, -0.2) is 42.9 Å². The Balaban J connectivity index is 0.000000409. The van der Waals surface area contributed by atoms with Crippen LogP contribution in [0.15, 0.2) is 0 Å². The Morgan fingerprint density at radius 2 is 1.64 bits per heavy atom. The van der Waals surface area contributed by atoms with E-state index in [4.69, 9.17) is 10.8 Å². The lowest BCUT2D eigenvalue weighted by Gasteiger charge is -2.34. The Kier molecular flexibility index (Phi) is 9.93. The SMILES string of the molecule is CC(=O)OCCOC(N)=O.NCC1(CC(=O)O)CCCCC1. The average molecular weight is 318 g/mol. The Morgan fingerprint density at radius 3 is 2.05 bits per heavy atom. The first-order valence-electron chi connectivity index (χ1n) is 7.29. The molecule has 1 aliphatic rings. The van der Waals surface area contributed by atoms with Crippen molar-refractivity contribution in [2.45, 2.75) is 45.4 Å². The van der Waals surface area contributed by atoms with Crippen molar-refractivity contribution >= 4 is 18.0 Å². The summed E-state index contributed by atoms with van der Waals surface area (Å²) >= 11 is 0. The van der Waals surface area contributed by atoms with E-state index < -0.39 is 18.0 Å². The molecule has 0 aliphatic heterocycles. The summed E-state index contributed by atoms with van der Waals surface area (Å²) in [5.41, 5.74) is 10.2. The lowest BCUT2D eigenvalue weighted by Crippen LogP contribution is -2.34. The molecule has 0 bridgehead atoms. The largest absolute Gasteiger partial charge is 0.481 e. The number of esters is 1. The second-order valence-electron chi connectivity index (χ2n) is 5.34. The molecule has 5 N–H and O–H groups in total. The quantitative estimate of drug-likeness (QED) is 0.490. The Hall–Kier alpha value is -1.83. The smallest absolute Gasteiger partial charge is 0.404 e. The number of carboxylic acid groups (broad SMARTS) is 1. The number of ether oxygens (including phenoxy) is 2. The Labute approximate surface area is 130 Å². The fraction of sp³-hybridized carbons (Fsp3) is 0.786. The number of carbonyl (C=O) groups excluding carboxylic acids is 2. The van der Waals surface area contributed by atoms with Gasteiger partial charge in [-0.05, 0) is 24.8 Å². The highest BCUT2D eigenvalue weighted by molar-refractivity contribution is 5.67. The van der Waals surface area contributed by atoms with Gasteiger partial charge in [0.05, 0.1) is 6.42 Å². The van der Waals surface area contributed by atoms with E-state index >= 15 is 0 Å². The molecule has 1 fully saturated rings. The predicted molar refractivity (Wildman–Crippen MR) is 79.0 cm³/mol. The first-order valence-corrected chi connectivity index (χ1v) is 7.29. The van der Waals surface area contributed by atoms with Gasteiger partial charge >= 0.3 is 18.0 Å². The van der Waals surface area contributed by atoms with Crippen LogP contribution in [0.1, 0.15) is 45.4 Å². The van der Waals surface area contributed by atoms with E-state index in [1.54, 1.807) is 0 Å². The van der Waals surface area contributed by atoms with Gasteiger partial charge in [-0.15, -0.1) is 0 Å². The first kappa shape index (κ1) is 20.2. The molecule has 0 radical (unpaired) electrons. The molecule has 128 valence electrons. The number of hydrogen-bond donors (Lipinski definition) is 3. The van der Waals surface area contributed by atoms with Crippen LogP contribution in [-0.2, 0) is 19.1 Å². The number of rotatable bonds is 6. The third-order valence-electron chi connectivity index (χ3n) is 3.51. The molecular formula is C14H26N2O6. The van der Waals surface area contributed by atoms with Crippen molar-refractivity contribution in [2.24, 2.45) is 16.9 Å². The molecule has 0 aromatic heterocycles. The lowest BCUT2D eigenvalue weighted by molar-refractivity contribution is -0.142. The van der Waals surface area contributed by atoms with Crippen molar-refractivity contribution in [3.63, 3.8) is 0 Å². The molecule has 8 heteroatoms. The van der Waals surface area contributed by atoms with Crippen LogP contribution in [0.2, 0.25) is 0 Å². The van der Waals surface area contributed by atoms with Crippen LogP contribution < -0.4 is 11.5 Å². The average Bonchev–Trinajstić information content (AvgIpc) is 2.44. The van der Waals surface area contributed by atoms with E-state index in [1.165, 1.54) is 13.3 Å². The summed E-state index contributed by atoms with van der Waals surface area (Å²) in [5, 5.41) is 8.71. The molecule has 0 unspecified atom stereocenters. The number of hydrogen-bond acceptors (Lipinski definition) is 6. The second kappa shape index (κ2) is 10.8. The Morgan fingerprint density at radius 1 is 1.09 bits per heavy atom. The van der Waals surface area contributed by atoms with E-state index in [9.17, 15) is 14.4 Å². The highest BCUT2D eigenvalue weighted by Gasteiger charge is 2.32. The molecule has 22 heavy (non-hydrogen) atoms. The fourth-order valence-corrected chi connectivity index (χ4v) is 2.40. The third-order valence-corrected chi connectivity index (χ3v) is 3.51. The monoisotopic (exact) mass is 318 g/mol. The van der Waals surface area contributed by atoms with Crippen molar-refractivity contribution in [1.29, 1.82) is 0 Å². The van der Waals surface area contributed by atoms with Gasteiger partial charge in [-0.3, -0.25) is 9.59 Å². The summed E-state index contributed by atoms with van der Waals surface area (Å²) in [7, 11) is 0. The lowest BCUT2D eigenvalue weighted by atomic mass is 9.72. The highest BCUT2D eigenvalue weighted by atomic mass is 16.6. The Bertz CT molecular complexity index is 350. The summed E-state index contributed by atoms with van der Waals surface area (Å²) in [6, 6.07) is 0. The maximum atomic E-state index is 10.6. The minimum atomic E-state index is -0.868. The minimum absolute atomic E-state index is 0.00884. The molecule has 0 atom stereocenters. The van der Waals surface area contributed by atoms with E-state index in [2.05, 4.69) is 15.2 Å². The molecule has 0 spiro atoms. The zero-order chi connectivity index (χ0) is 17.0. The topological polar surface area (TPSA) is 142 Å². The van der Waals surface area contributed by atoms with Gasteiger partial charge < -0.3 is 26.0 Å². The highest BCUT2D eigenvalue weighted by Crippen LogP contribution is 2.38. The number of carboxylic acids is 1. The first-order chi connectivity index (χ1) is 10.3. The van der Waals surface area contributed by atoms with Gasteiger partial charge in [0.1, 0.15) is 13.2 Å².